The van der Waals surface area contributed by atoms with Gasteiger partial charge in [0, 0.05) is 37.1 Å². The molecule has 0 aromatic carbocycles. The molecule has 0 aromatic rings. The van der Waals surface area contributed by atoms with E-state index >= 15 is 0 Å². The number of nitrogens with zero attached hydrogens (tertiary/aromatic N) is 2. The van der Waals surface area contributed by atoms with Gasteiger partial charge in [0.25, 0.3) is 0 Å². The molecule has 1 saturated carbocycles. The van der Waals surface area contributed by atoms with Crippen LogP contribution in [-0.4, -0.2) is 59.4 Å². The van der Waals surface area contributed by atoms with E-state index in [1.165, 1.54) is 0 Å². The van der Waals surface area contributed by atoms with Crippen LogP contribution in [0.2, 0.25) is 0 Å². The molecule has 1 N–H and O–H groups in total. The number of piperidine rings is 2. The molecule has 0 bridgehead atoms. The van der Waals surface area contributed by atoms with Crippen molar-refractivity contribution in [3.63, 3.8) is 0 Å². The predicted octanol–water partition coefficient (Wildman–Crippen LogP) is 2.01. The molecule has 2 aliphatic heterocycles. The molecule has 3 aliphatic rings. The maximum Gasteiger partial charge on any atom is 0.225 e. The summed E-state index contributed by atoms with van der Waals surface area (Å²) < 4.78 is 0. The first-order chi connectivity index (χ1) is 11.3. The minimum Gasteiger partial charge on any atom is -0.351 e. The van der Waals surface area contributed by atoms with E-state index in [0.717, 1.165) is 64.7 Å². The zero-order valence-electron chi connectivity index (χ0n) is 15.5. The lowest BCUT2D eigenvalue weighted by molar-refractivity contribution is -0.134. The lowest BCUT2D eigenvalue weighted by atomic mass is 9.92. The van der Waals surface area contributed by atoms with Gasteiger partial charge in [-0.25, -0.2) is 0 Å². The summed E-state index contributed by atoms with van der Waals surface area (Å²) in [5.41, 5.74) is -0.159. The fraction of sp³-hybridized carbons (Fsp3) is 0.895. The second kappa shape index (κ2) is 7.03. The Bertz CT molecular complexity index is 473. The zero-order valence-corrected chi connectivity index (χ0v) is 15.5. The summed E-state index contributed by atoms with van der Waals surface area (Å²) in [6.07, 6.45) is 6.41. The molecule has 0 spiro atoms. The summed E-state index contributed by atoms with van der Waals surface area (Å²) in [5, 5.41) is 3.14. The van der Waals surface area contributed by atoms with Crippen LogP contribution in [0.1, 0.15) is 59.3 Å². The molecule has 2 heterocycles. The smallest absolute Gasteiger partial charge is 0.225 e. The molecule has 24 heavy (non-hydrogen) atoms. The number of amides is 2. The molecule has 5 heteroatoms. The van der Waals surface area contributed by atoms with Gasteiger partial charge in [-0.15, -0.1) is 0 Å². The summed E-state index contributed by atoms with van der Waals surface area (Å²) >= 11 is 0. The third-order valence-electron chi connectivity index (χ3n) is 5.54. The third-order valence-corrected chi connectivity index (χ3v) is 5.54. The average Bonchev–Trinajstić information content (AvgIpc) is 3.38. The molecule has 0 radical (unpaired) electrons. The predicted molar refractivity (Wildman–Crippen MR) is 94.5 cm³/mol. The highest BCUT2D eigenvalue weighted by Crippen LogP contribution is 2.32. The van der Waals surface area contributed by atoms with Gasteiger partial charge in [0.2, 0.25) is 11.8 Å². The van der Waals surface area contributed by atoms with Gasteiger partial charge in [-0.2, -0.15) is 0 Å². The van der Waals surface area contributed by atoms with Crippen LogP contribution < -0.4 is 5.32 Å². The molecule has 5 nitrogen and oxygen atoms in total. The number of rotatable bonds is 3. The van der Waals surface area contributed by atoms with Crippen LogP contribution >= 0.6 is 0 Å². The normalized spacial score (nSPS) is 27.1. The Labute approximate surface area is 146 Å². The average molecular weight is 335 g/mol. The van der Waals surface area contributed by atoms with Gasteiger partial charge in [0.1, 0.15) is 0 Å². The van der Waals surface area contributed by atoms with E-state index in [1.807, 2.05) is 20.8 Å². The quantitative estimate of drug-likeness (QED) is 0.858. The highest BCUT2D eigenvalue weighted by molar-refractivity contribution is 5.81. The summed E-state index contributed by atoms with van der Waals surface area (Å²) in [5.74, 6) is 1.04. The number of hydrogen-bond acceptors (Lipinski definition) is 3. The van der Waals surface area contributed by atoms with Crippen LogP contribution in [0.25, 0.3) is 0 Å². The molecule has 136 valence electrons. The Hall–Kier alpha value is -1.10. The number of hydrogen-bond donors (Lipinski definition) is 1. The van der Waals surface area contributed by atoms with Gasteiger partial charge in [0.05, 0.1) is 5.92 Å². The first-order valence-electron chi connectivity index (χ1n) is 9.68. The molecular weight excluding hydrogens is 302 g/mol. The molecule has 3 fully saturated rings. The highest BCUT2D eigenvalue weighted by atomic mass is 16.2. The minimum absolute atomic E-state index is 0.115. The molecule has 1 unspecified atom stereocenters. The molecule has 3 rings (SSSR count). The lowest BCUT2D eigenvalue weighted by Crippen LogP contribution is -2.53. The van der Waals surface area contributed by atoms with Crippen molar-refractivity contribution in [2.24, 2.45) is 11.8 Å². The van der Waals surface area contributed by atoms with E-state index in [4.69, 9.17) is 0 Å². The molecule has 0 aromatic heterocycles. The highest BCUT2D eigenvalue weighted by Gasteiger charge is 2.37. The second-order valence-corrected chi connectivity index (χ2v) is 8.90. The molecule has 1 aliphatic carbocycles. The van der Waals surface area contributed by atoms with Crippen molar-refractivity contribution in [1.82, 2.24) is 15.1 Å². The molecular formula is C19H33N3O2. The topological polar surface area (TPSA) is 52.7 Å². The van der Waals surface area contributed by atoms with Crippen LogP contribution in [0.15, 0.2) is 0 Å². The number of likely N-dealkylation sites (tertiary alicyclic amines) is 2. The van der Waals surface area contributed by atoms with Gasteiger partial charge < -0.3 is 10.2 Å². The van der Waals surface area contributed by atoms with Crippen LogP contribution in [0.3, 0.4) is 0 Å². The van der Waals surface area contributed by atoms with E-state index in [1.54, 1.807) is 0 Å². The Morgan fingerprint density at radius 3 is 2.17 bits per heavy atom. The Balaban J connectivity index is 1.48. The van der Waals surface area contributed by atoms with Crippen molar-refractivity contribution < 1.29 is 9.59 Å². The monoisotopic (exact) mass is 335 g/mol. The van der Waals surface area contributed by atoms with Crippen molar-refractivity contribution in [3.8, 4) is 0 Å². The molecule has 2 amide bonds. The first kappa shape index (κ1) is 17.7. The van der Waals surface area contributed by atoms with Gasteiger partial charge in [-0.05, 0) is 65.8 Å². The Morgan fingerprint density at radius 2 is 1.58 bits per heavy atom. The van der Waals surface area contributed by atoms with Gasteiger partial charge in [-0.1, -0.05) is 0 Å². The van der Waals surface area contributed by atoms with Crippen LogP contribution in [-0.2, 0) is 9.59 Å². The van der Waals surface area contributed by atoms with Crippen molar-refractivity contribution in [2.45, 2.75) is 70.9 Å². The van der Waals surface area contributed by atoms with Crippen molar-refractivity contribution in [1.29, 1.82) is 0 Å². The maximum atomic E-state index is 12.5. The van der Waals surface area contributed by atoms with Crippen molar-refractivity contribution in [3.05, 3.63) is 0 Å². The van der Waals surface area contributed by atoms with Crippen LogP contribution in [0.5, 0.6) is 0 Å². The lowest BCUT2D eigenvalue weighted by Gasteiger charge is -2.42. The minimum atomic E-state index is -0.159. The SMILES string of the molecule is CC(C)(C)NC(=O)C1CCCN(C2CCN(C(=O)C3CC3)CC2)C1. The van der Waals surface area contributed by atoms with Crippen LogP contribution in [0.4, 0.5) is 0 Å². The Kier molecular flexibility index (Phi) is 5.19. The fourth-order valence-corrected chi connectivity index (χ4v) is 4.06. The van der Waals surface area contributed by atoms with Gasteiger partial charge in [-0.3, -0.25) is 14.5 Å². The zero-order chi connectivity index (χ0) is 17.3. The van der Waals surface area contributed by atoms with Crippen molar-refractivity contribution in [2.75, 3.05) is 26.2 Å². The second-order valence-electron chi connectivity index (χ2n) is 8.90. The molecule has 1 atom stereocenters. The third kappa shape index (κ3) is 4.50. The Morgan fingerprint density at radius 1 is 0.917 bits per heavy atom. The van der Waals surface area contributed by atoms with E-state index in [9.17, 15) is 9.59 Å². The van der Waals surface area contributed by atoms with Gasteiger partial charge in [0.15, 0.2) is 0 Å². The van der Waals surface area contributed by atoms with E-state index in [0.29, 0.717) is 17.9 Å². The largest absolute Gasteiger partial charge is 0.351 e. The van der Waals surface area contributed by atoms with Crippen LogP contribution in [0, 0.1) is 11.8 Å². The number of carbonyl (C=O) groups excluding carboxylic acids is 2. The summed E-state index contributed by atoms with van der Waals surface area (Å²) in [7, 11) is 0. The first-order valence-corrected chi connectivity index (χ1v) is 9.68. The van der Waals surface area contributed by atoms with E-state index < -0.39 is 0 Å². The number of nitrogens with one attached hydrogen (secondary N) is 1. The fourth-order valence-electron chi connectivity index (χ4n) is 4.06. The van der Waals surface area contributed by atoms with E-state index in [2.05, 4.69) is 15.1 Å². The van der Waals surface area contributed by atoms with E-state index in [-0.39, 0.29) is 17.4 Å². The summed E-state index contributed by atoms with van der Waals surface area (Å²) in [6.45, 7) is 9.89. The van der Waals surface area contributed by atoms with Gasteiger partial charge >= 0.3 is 0 Å². The molecule has 2 saturated heterocycles. The standard InChI is InChI=1S/C19H33N3O2/c1-19(2,3)20-17(23)15-5-4-10-22(13-15)16-8-11-21(12-9-16)18(24)14-6-7-14/h14-16H,4-13H2,1-3H3,(H,20,23). The number of carbonyl (C=O) groups is 2. The maximum absolute atomic E-state index is 12.5. The summed E-state index contributed by atoms with van der Waals surface area (Å²) in [4.78, 5) is 29.2. The van der Waals surface area contributed by atoms with Crippen molar-refractivity contribution >= 4 is 11.8 Å². The summed E-state index contributed by atoms with van der Waals surface area (Å²) in [6, 6.07) is 0.540.